The Morgan fingerprint density at radius 2 is 2.00 bits per heavy atom. The highest BCUT2D eigenvalue weighted by Crippen LogP contribution is 2.15. The van der Waals surface area contributed by atoms with E-state index in [0.717, 1.165) is 12.0 Å². The van der Waals surface area contributed by atoms with Crippen molar-refractivity contribution < 1.29 is 4.79 Å². The minimum atomic E-state index is -0.211. The minimum Gasteiger partial charge on any atom is -0.399 e. The van der Waals surface area contributed by atoms with Crippen LogP contribution in [0.15, 0.2) is 30.6 Å². The van der Waals surface area contributed by atoms with Gasteiger partial charge in [-0.3, -0.25) is 4.79 Å². The molecule has 6 heteroatoms. The lowest BCUT2D eigenvalue weighted by Crippen LogP contribution is -2.44. The Hall–Kier alpha value is -2.37. The summed E-state index contributed by atoms with van der Waals surface area (Å²) in [5.41, 5.74) is 7.00. The molecule has 0 saturated carbocycles. The van der Waals surface area contributed by atoms with Gasteiger partial charge in [0.15, 0.2) is 5.82 Å². The fraction of sp³-hybridized carbons (Fsp3) is 0.400. The number of anilines is 1. The van der Waals surface area contributed by atoms with E-state index in [9.17, 15) is 4.79 Å². The lowest BCUT2D eigenvalue weighted by molar-refractivity contribution is -0.123. The van der Waals surface area contributed by atoms with Gasteiger partial charge in [0.05, 0.1) is 0 Å². The van der Waals surface area contributed by atoms with Gasteiger partial charge in [0.2, 0.25) is 5.91 Å². The lowest BCUT2D eigenvalue weighted by atomic mass is 10.0. The third-order valence-corrected chi connectivity index (χ3v) is 3.37. The van der Waals surface area contributed by atoms with Crippen molar-refractivity contribution in [3.05, 3.63) is 30.6 Å². The van der Waals surface area contributed by atoms with Crippen molar-refractivity contribution in [2.75, 3.05) is 5.73 Å². The molecule has 1 aromatic heterocycles. The Morgan fingerprint density at radius 1 is 1.33 bits per heavy atom. The molecule has 2 rings (SSSR count). The predicted octanol–water partition coefficient (Wildman–Crippen LogP) is 1.83. The van der Waals surface area contributed by atoms with Crippen molar-refractivity contribution >= 4 is 11.6 Å². The average Bonchev–Trinajstić information content (AvgIpc) is 2.87. The molecule has 0 unspecified atom stereocenters. The summed E-state index contributed by atoms with van der Waals surface area (Å²) in [7, 11) is 0. The fourth-order valence-corrected chi connectivity index (χ4v) is 1.79. The molecule has 0 saturated heterocycles. The van der Waals surface area contributed by atoms with E-state index in [0.29, 0.717) is 11.5 Å². The molecule has 21 heavy (non-hydrogen) atoms. The molecule has 1 amide bonds. The number of nitrogens with two attached hydrogens (primary N) is 1. The van der Waals surface area contributed by atoms with Crippen molar-refractivity contribution in [2.24, 2.45) is 0 Å². The van der Waals surface area contributed by atoms with Crippen LogP contribution in [-0.4, -0.2) is 26.2 Å². The van der Waals surface area contributed by atoms with Crippen molar-refractivity contribution in [2.45, 2.75) is 39.3 Å². The van der Waals surface area contributed by atoms with Crippen LogP contribution in [0.2, 0.25) is 0 Å². The van der Waals surface area contributed by atoms with Gasteiger partial charge in [0, 0.05) is 16.8 Å². The van der Waals surface area contributed by atoms with Gasteiger partial charge >= 0.3 is 0 Å². The van der Waals surface area contributed by atoms with Crippen molar-refractivity contribution in [1.82, 2.24) is 20.1 Å². The van der Waals surface area contributed by atoms with Crippen LogP contribution in [0.5, 0.6) is 0 Å². The zero-order valence-electron chi connectivity index (χ0n) is 12.6. The number of benzene rings is 1. The number of carbonyl (C=O) groups excluding carboxylic acids is 1. The van der Waals surface area contributed by atoms with Gasteiger partial charge in [-0.2, -0.15) is 5.10 Å². The number of nitrogens with zero attached hydrogens (tertiary/aromatic N) is 3. The van der Waals surface area contributed by atoms with Gasteiger partial charge in [0.1, 0.15) is 12.9 Å². The summed E-state index contributed by atoms with van der Waals surface area (Å²) in [6.07, 6.45) is 2.43. The summed E-state index contributed by atoms with van der Waals surface area (Å²) in [4.78, 5) is 16.2. The first-order valence-electron chi connectivity index (χ1n) is 6.96. The van der Waals surface area contributed by atoms with E-state index in [1.807, 2.05) is 32.9 Å². The predicted molar refractivity (Wildman–Crippen MR) is 82.4 cm³/mol. The van der Waals surface area contributed by atoms with Gasteiger partial charge in [-0.05, 0) is 44.5 Å². The second kappa shape index (κ2) is 5.95. The van der Waals surface area contributed by atoms with Crippen LogP contribution < -0.4 is 11.1 Å². The molecule has 0 aliphatic rings. The van der Waals surface area contributed by atoms with Gasteiger partial charge in [0.25, 0.3) is 0 Å². The molecule has 3 N–H and O–H groups in total. The van der Waals surface area contributed by atoms with Gasteiger partial charge < -0.3 is 11.1 Å². The summed E-state index contributed by atoms with van der Waals surface area (Å²) in [5, 5.41) is 7.28. The molecule has 0 radical (unpaired) electrons. The number of nitrogen functional groups attached to an aromatic ring is 1. The molecule has 0 atom stereocenters. The Kier molecular flexibility index (Phi) is 4.26. The van der Waals surface area contributed by atoms with Gasteiger partial charge in [-0.15, -0.1) is 0 Å². The summed E-state index contributed by atoms with van der Waals surface area (Å²) in [6.45, 7) is 6.18. The Morgan fingerprint density at radius 3 is 2.62 bits per heavy atom. The molecule has 0 fully saturated rings. The zero-order valence-corrected chi connectivity index (χ0v) is 12.6. The second-order valence-corrected chi connectivity index (χ2v) is 5.67. The molecule has 6 nitrogen and oxygen atoms in total. The molecule has 0 bridgehead atoms. The maximum Gasteiger partial charge on any atom is 0.242 e. The normalized spacial score (nSPS) is 11.4. The maximum absolute atomic E-state index is 12.0. The van der Waals surface area contributed by atoms with E-state index >= 15 is 0 Å². The Labute approximate surface area is 124 Å². The molecule has 0 aliphatic carbocycles. The van der Waals surface area contributed by atoms with E-state index in [1.54, 1.807) is 18.5 Å². The first kappa shape index (κ1) is 15.0. The number of rotatable bonds is 5. The SMILES string of the molecule is CCC(C)(C)NC(=O)Cn1cnc(-c2ccc(N)cc2)n1. The quantitative estimate of drug-likeness (QED) is 0.821. The highest BCUT2D eigenvalue weighted by atomic mass is 16.2. The molecule has 2 aromatic rings. The molecule has 0 aliphatic heterocycles. The van der Waals surface area contributed by atoms with Crippen molar-refractivity contribution in [3.8, 4) is 11.4 Å². The summed E-state index contributed by atoms with van der Waals surface area (Å²) < 4.78 is 1.53. The topological polar surface area (TPSA) is 85.8 Å². The van der Waals surface area contributed by atoms with E-state index in [1.165, 1.54) is 4.68 Å². The smallest absolute Gasteiger partial charge is 0.242 e. The van der Waals surface area contributed by atoms with E-state index in [2.05, 4.69) is 15.4 Å². The van der Waals surface area contributed by atoms with Crippen LogP contribution in [0.1, 0.15) is 27.2 Å². The maximum atomic E-state index is 12.0. The molecular formula is C15H21N5O. The van der Waals surface area contributed by atoms with Crippen molar-refractivity contribution in [3.63, 3.8) is 0 Å². The van der Waals surface area contributed by atoms with Crippen LogP contribution in [-0.2, 0) is 11.3 Å². The standard InChI is InChI=1S/C15H21N5O/c1-4-15(2,3)18-13(21)9-20-10-17-14(19-20)11-5-7-12(16)8-6-11/h5-8,10H,4,9,16H2,1-3H3,(H,18,21). The van der Waals surface area contributed by atoms with E-state index in [4.69, 9.17) is 5.73 Å². The molecule has 0 spiro atoms. The highest BCUT2D eigenvalue weighted by Gasteiger charge is 2.18. The summed E-state index contributed by atoms with van der Waals surface area (Å²) in [5.74, 6) is 0.508. The number of hydrogen-bond acceptors (Lipinski definition) is 4. The van der Waals surface area contributed by atoms with Crippen LogP contribution in [0, 0.1) is 0 Å². The number of nitrogens with one attached hydrogen (secondary N) is 1. The van der Waals surface area contributed by atoms with Crippen LogP contribution >= 0.6 is 0 Å². The van der Waals surface area contributed by atoms with E-state index < -0.39 is 0 Å². The number of aromatic nitrogens is 3. The fourth-order valence-electron chi connectivity index (χ4n) is 1.79. The second-order valence-electron chi connectivity index (χ2n) is 5.67. The molecule has 1 aromatic carbocycles. The number of amides is 1. The van der Waals surface area contributed by atoms with Crippen LogP contribution in [0.3, 0.4) is 0 Å². The van der Waals surface area contributed by atoms with Gasteiger partial charge in [-0.25, -0.2) is 9.67 Å². The third kappa shape index (κ3) is 4.05. The Bertz CT molecular complexity index is 615. The third-order valence-electron chi connectivity index (χ3n) is 3.37. The van der Waals surface area contributed by atoms with Crippen molar-refractivity contribution in [1.29, 1.82) is 0 Å². The van der Waals surface area contributed by atoms with E-state index in [-0.39, 0.29) is 18.0 Å². The zero-order chi connectivity index (χ0) is 15.5. The number of carbonyl (C=O) groups is 1. The largest absolute Gasteiger partial charge is 0.399 e. The molecule has 1 heterocycles. The summed E-state index contributed by atoms with van der Waals surface area (Å²) in [6, 6.07) is 7.31. The Balaban J connectivity index is 2.03. The first-order chi connectivity index (χ1) is 9.89. The number of hydrogen-bond donors (Lipinski definition) is 2. The van der Waals surface area contributed by atoms with Gasteiger partial charge in [-0.1, -0.05) is 6.92 Å². The average molecular weight is 287 g/mol. The van der Waals surface area contributed by atoms with Crippen LogP contribution in [0.25, 0.3) is 11.4 Å². The summed E-state index contributed by atoms with van der Waals surface area (Å²) >= 11 is 0. The first-order valence-corrected chi connectivity index (χ1v) is 6.96. The monoisotopic (exact) mass is 287 g/mol. The lowest BCUT2D eigenvalue weighted by Gasteiger charge is -2.24. The molecule has 112 valence electrons. The van der Waals surface area contributed by atoms with Crippen LogP contribution in [0.4, 0.5) is 5.69 Å². The molecular weight excluding hydrogens is 266 g/mol. The minimum absolute atomic E-state index is 0.0735. The highest BCUT2D eigenvalue weighted by molar-refractivity contribution is 5.76.